The largest absolute Gasteiger partial charge is 0.354 e. The molecule has 0 fully saturated rings. The second-order valence-corrected chi connectivity index (χ2v) is 7.48. The Hall–Kier alpha value is -1.39. The van der Waals surface area contributed by atoms with E-state index in [1.54, 1.807) is 0 Å². The van der Waals surface area contributed by atoms with Gasteiger partial charge in [0.1, 0.15) is 5.54 Å². The Morgan fingerprint density at radius 3 is 2.52 bits per heavy atom. The molecule has 0 saturated heterocycles. The number of nitrogens with zero attached hydrogens (tertiary/aromatic N) is 1. The van der Waals surface area contributed by atoms with Crippen molar-refractivity contribution >= 4 is 29.3 Å². The molecular formula is C18H23ClN2OS. The first-order chi connectivity index (χ1) is 11.0. The standard InChI is InChI=1S/C18H23ClN2OS/c1-18(2,21-11-3-4-12-21)17(22)20-10-5-13-23-14-15-6-8-16(19)9-7-15/h3-4,6-9,11-12H,5,10,13-14H2,1-2H3,(H,20,22). The van der Waals surface area contributed by atoms with E-state index in [4.69, 9.17) is 11.6 Å². The predicted molar refractivity (Wildman–Crippen MR) is 99.0 cm³/mol. The molecule has 0 spiro atoms. The number of benzene rings is 1. The molecule has 0 atom stereocenters. The van der Waals surface area contributed by atoms with Crippen molar-refractivity contribution in [2.24, 2.45) is 0 Å². The van der Waals surface area contributed by atoms with Crippen LogP contribution in [0.3, 0.4) is 0 Å². The summed E-state index contributed by atoms with van der Waals surface area (Å²) in [6.07, 6.45) is 4.80. The van der Waals surface area contributed by atoms with E-state index in [-0.39, 0.29) is 5.91 Å². The molecule has 1 aromatic heterocycles. The average molecular weight is 351 g/mol. The first-order valence-electron chi connectivity index (χ1n) is 7.74. The third-order valence-electron chi connectivity index (χ3n) is 3.74. The highest BCUT2D eigenvalue weighted by atomic mass is 35.5. The molecular weight excluding hydrogens is 328 g/mol. The number of nitrogens with one attached hydrogen (secondary N) is 1. The fraction of sp³-hybridized carbons (Fsp3) is 0.389. The minimum absolute atomic E-state index is 0.0522. The molecule has 0 radical (unpaired) electrons. The van der Waals surface area contributed by atoms with E-state index in [0.29, 0.717) is 6.54 Å². The Balaban J connectivity index is 1.63. The highest BCUT2D eigenvalue weighted by molar-refractivity contribution is 7.98. The molecule has 1 N–H and O–H groups in total. The van der Waals surface area contributed by atoms with Crippen molar-refractivity contribution in [1.82, 2.24) is 9.88 Å². The number of aromatic nitrogens is 1. The van der Waals surface area contributed by atoms with Crippen LogP contribution in [-0.2, 0) is 16.1 Å². The minimum Gasteiger partial charge on any atom is -0.354 e. The third kappa shape index (κ3) is 5.33. The lowest BCUT2D eigenvalue weighted by molar-refractivity contribution is -0.128. The summed E-state index contributed by atoms with van der Waals surface area (Å²) in [6.45, 7) is 4.56. The summed E-state index contributed by atoms with van der Waals surface area (Å²) >= 11 is 7.74. The van der Waals surface area contributed by atoms with E-state index < -0.39 is 5.54 Å². The van der Waals surface area contributed by atoms with Gasteiger partial charge in [0.15, 0.2) is 0 Å². The summed E-state index contributed by atoms with van der Waals surface area (Å²) in [5.74, 6) is 2.05. The fourth-order valence-electron chi connectivity index (χ4n) is 2.19. The van der Waals surface area contributed by atoms with Crippen LogP contribution in [0.4, 0.5) is 0 Å². The van der Waals surface area contributed by atoms with Gasteiger partial charge in [-0.05, 0) is 55.9 Å². The van der Waals surface area contributed by atoms with Crippen LogP contribution < -0.4 is 5.32 Å². The molecule has 0 unspecified atom stereocenters. The van der Waals surface area contributed by atoms with E-state index in [1.165, 1.54) is 5.56 Å². The zero-order valence-electron chi connectivity index (χ0n) is 13.6. The van der Waals surface area contributed by atoms with Gasteiger partial charge in [-0.15, -0.1) is 0 Å². The van der Waals surface area contributed by atoms with Crippen LogP contribution in [0.2, 0.25) is 5.02 Å². The van der Waals surface area contributed by atoms with Crippen molar-refractivity contribution in [2.45, 2.75) is 31.6 Å². The highest BCUT2D eigenvalue weighted by Crippen LogP contribution is 2.17. The Kier molecular flexibility index (Phi) is 6.60. The van der Waals surface area contributed by atoms with E-state index in [1.807, 2.05) is 66.8 Å². The maximum Gasteiger partial charge on any atom is 0.245 e. The fourth-order valence-corrected chi connectivity index (χ4v) is 3.23. The number of hydrogen-bond acceptors (Lipinski definition) is 2. The molecule has 2 rings (SSSR count). The minimum atomic E-state index is -0.556. The lowest BCUT2D eigenvalue weighted by Gasteiger charge is -2.25. The number of rotatable bonds is 8. The van der Waals surface area contributed by atoms with E-state index >= 15 is 0 Å². The number of hydrogen-bond donors (Lipinski definition) is 1. The molecule has 3 nitrogen and oxygen atoms in total. The molecule has 23 heavy (non-hydrogen) atoms. The smallest absolute Gasteiger partial charge is 0.245 e. The Morgan fingerprint density at radius 2 is 1.87 bits per heavy atom. The predicted octanol–water partition coefficient (Wildman–Crippen LogP) is 4.32. The van der Waals surface area contributed by atoms with Crippen LogP contribution in [0.5, 0.6) is 0 Å². The molecule has 1 aromatic carbocycles. The number of thioether (sulfide) groups is 1. The van der Waals surface area contributed by atoms with Gasteiger partial charge in [0, 0.05) is 29.7 Å². The van der Waals surface area contributed by atoms with Gasteiger partial charge in [0.25, 0.3) is 0 Å². The molecule has 2 aromatic rings. The molecule has 0 saturated carbocycles. The van der Waals surface area contributed by atoms with Crippen molar-refractivity contribution < 1.29 is 4.79 Å². The lowest BCUT2D eigenvalue weighted by Crippen LogP contribution is -2.44. The van der Waals surface area contributed by atoms with Gasteiger partial charge in [0.2, 0.25) is 5.91 Å². The van der Waals surface area contributed by atoms with Gasteiger partial charge in [-0.1, -0.05) is 23.7 Å². The molecule has 0 aliphatic rings. The molecule has 5 heteroatoms. The van der Waals surface area contributed by atoms with Crippen LogP contribution in [0, 0.1) is 0 Å². The van der Waals surface area contributed by atoms with Gasteiger partial charge in [-0.25, -0.2) is 0 Å². The zero-order chi connectivity index (χ0) is 16.7. The number of halogens is 1. The van der Waals surface area contributed by atoms with E-state index in [9.17, 15) is 4.79 Å². The van der Waals surface area contributed by atoms with E-state index in [0.717, 1.165) is 22.9 Å². The van der Waals surface area contributed by atoms with Gasteiger partial charge in [-0.2, -0.15) is 11.8 Å². The Bertz CT molecular complexity index is 608. The second-order valence-electron chi connectivity index (χ2n) is 5.94. The van der Waals surface area contributed by atoms with Crippen molar-refractivity contribution in [1.29, 1.82) is 0 Å². The summed E-state index contributed by atoms with van der Waals surface area (Å²) in [5, 5.41) is 3.80. The molecule has 1 amide bonds. The first-order valence-corrected chi connectivity index (χ1v) is 9.27. The molecule has 0 aliphatic heterocycles. The number of carbonyl (C=O) groups is 1. The van der Waals surface area contributed by atoms with E-state index in [2.05, 4.69) is 17.4 Å². The van der Waals surface area contributed by atoms with Crippen LogP contribution >= 0.6 is 23.4 Å². The van der Waals surface area contributed by atoms with Crippen molar-refractivity contribution in [3.05, 3.63) is 59.4 Å². The topological polar surface area (TPSA) is 34.0 Å². The maximum absolute atomic E-state index is 12.3. The van der Waals surface area contributed by atoms with Crippen molar-refractivity contribution in [3.63, 3.8) is 0 Å². The van der Waals surface area contributed by atoms with Crippen LogP contribution in [0.1, 0.15) is 25.8 Å². The number of amides is 1. The average Bonchev–Trinajstić information content (AvgIpc) is 3.07. The Morgan fingerprint density at radius 1 is 1.22 bits per heavy atom. The summed E-state index contributed by atoms with van der Waals surface area (Å²) < 4.78 is 1.93. The Labute approximate surface area is 147 Å². The van der Waals surface area contributed by atoms with Gasteiger partial charge in [-0.3, -0.25) is 4.79 Å². The summed E-state index contributed by atoms with van der Waals surface area (Å²) in [7, 11) is 0. The molecule has 0 bridgehead atoms. The SMILES string of the molecule is CC(C)(C(=O)NCCCSCc1ccc(Cl)cc1)n1cccc1. The normalized spacial score (nSPS) is 11.4. The third-order valence-corrected chi connectivity index (χ3v) is 5.11. The first kappa shape index (κ1) is 18.0. The van der Waals surface area contributed by atoms with Gasteiger partial charge < -0.3 is 9.88 Å². The van der Waals surface area contributed by atoms with Crippen molar-refractivity contribution in [2.75, 3.05) is 12.3 Å². The zero-order valence-corrected chi connectivity index (χ0v) is 15.2. The summed E-state index contributed by atoms with van der Waals surface area (Å²) in [6, 6.07) is 11.8. The van der Waals surface area contributed by atoms with Crippen LogP contribution in [-0.4, -0.2) is 22.8 Å². The molecule has 1 heterocycles. The second kappa shape index (κ2) is 8.46. The summed E-state index contributed by atoms with van der Waals surface area (Å²) in [4.78, 5) is 12.3. The van der Waals surface area contributed by atoms with Gasteiger partial charge in [0.05, 0.1) is 0 Å². The summed E-state index contributed by atoms with van der Waals surface area (Å²) in [5.41, 5.74) is 0.720. The quantitative estimate of drug-likeness (QED) is 0.719. The maximum atomic E-state index is 12.3. The monoisotopic (exact) mass is 350 g/mol. The molecule has 0 aliphatic carbocycles. The van der Waals surface area contributed by atoms with Crippen LogP contribution in [0.15, 0.2) is 48.8 Å². The highest BCUT2D eigenvalue weighted by Gasteiger charge is 2.28. The number of carbonyl (C=O) groups excluding carboxylic acids is 1. The lowest BCUT2D eigenvalue weighted by atomic mass is 10.0. The van der Waals surface area contributed by atoms with Crippen molar-refractivity contribution in [3.8, 4) is 0 Å². The van der Waals surface area contributed by atoms with Crippen LogP contribution in [0.25, 0.3) is 0 Å². The molecule has 124 valence electrons. The van der Waals surface area contributed by atoms with Gasteiger partial charge >= 0.3 is 0 Å².